The average Bonchev–Trinajstić information content (AvgIpc) is 2.93. The van der Waals surface area contributed by atoms with Crippen LogP contribution in [0.2, 0.25) is 0 Å². The van der Waals surface area contributed by atoms with Crippen LogP contribution in [0.5, 0.6) is 0 Å². The Morgan fingerprint density at radius 3 is 2.73 bits per heavy atom. The molecule has 0 atom stereocenters. The first kappa shape index (κ1) is 18.0. The van der Waals surface area contributed by atoms with Crippen molar-refractivity contribution in [2.24, 2.45) is 0 Å². The molecule has 2 aromatic rings. The summed E-state index contributed by atoms with van der Waals surface area (Å²) in [6, 6.07) is 13.9. The Morgan fingerprint density at radius 1 is 1.15 bits per heavy atom. The van der Waals surface area contributed by atoms with E-state index in [-0.39, 0.29) is 5.91 Å². The number of anilines is 3. The Bertz CT molecular complexity index is 827. The molecule has 0 fully saturated rings. The molecule has 3 N–H and O–H groups in total. The molecule has 1 amide bonds. The molecule has 5 heteroatoms. The molecule has 0 saturated heterocycles. The summed E-state index contributed by atoms with van der Waals surface area (Å²) in [6.07, 6.45) is 2.88. The number of hydrogen-bond acceptors (Lipinski definition) is 4. The molecule has 0 spiro atoms. The fourth-order valence-corrected chi connectivity index (χ4v) is 3.01. The van der Waals surface area contributed by atoms with Crippen molar-refractivity contribution in [2.75, 3.05) is 43.1 Å². The summed E-state index contributed by atoms with van der Waals surface area (Å²) in [7, 11) is 4.17. The summed E-state index contributed by atoms with van der Waals surface area (Å²) >= 11 is 0. The van der Waals surface area contributed by atoms with Crippen molar-refractivity contribution in [1.29, 1.82) is 0 Å². The lowest BCUT2D eigenvalue weighted by molar-refractivity contribution is -0.110. The van der Waals surface area contributed by atoms with Crippen LogP contribution in [0.4, 0.5) is 17.1 Å². The van der Waals surface area contributed by atoms with Crippen molar-refractivity contribution in [1.82, 2.24) is 4.90 Å². The van der Waals surface area contributed by atoms with E-state index in [0.29, 0.717) is 5.57 Å². The fraction of sp³-hybridized carbons (Fsp3) is 0.286. The molecule has 0 bridgehead atoms. The molecule has 0 unspecified atom stereocenters. The van der Waals surface area contributed by atoms with Crippen molar-refractivity contribution in [3.63, 3.8) is 0 Å². The third-order valence-electron chi connectivity index (χ3n) is 4.42. The Hall–Kier alpha value is -2.79. The summed E-state index contributed by atoms with van der Waals surface area (Å²) < 4.78 is 0. The highest BCUT2D eigenvalue weighted by atomic mass is 16.2. The molecule has 1 aliphatic rings. The average molecular weight is 350 g/mol. The number of para-hydroxylation sites is 1. The largest absolute Gasteiger partial charge is 0.385 e. The summed E-state index contributed by atoms with van der Waals surface area (Å²) in [5.74, 6) is -0.0744. The van der Waals surface area contributed by atoms with Crippen molar-refractivity contribution in [3.05, 3.63) is 59.8 Å². The van der Waals surface area contributed by atoms with Gasteiger partial charge >= 0.3 is 0 Å². The van der Waals surface area contributed by atoms with Gasteiger partial charge in [-0.3, -0.25) is 4.79 Å². The van der Waals surface area contributed by atoms with Crippen LogP contribution in [0, 0.1) is 6.92 Å². The van der Waals surface area contributed by atoms with Gasteiger partial charge in [-0.05, 0) is 63.8 Å². The first-order valence-corrected chi connectivity index (χ1v) is 8.91. The highest BCUT2D eigenvalue weighted by Gasteiger charge is 2.23. The molecule has 26 heavy (non-hydrogen) atoms. The Balaban J connectivity index is 1.64. The normalized spacial score (nSPS) is 14.5. The first-order valence-electron chi connectivity index (χ1n) is 8.91. The molecule has 0 radical (unpaired) electrons. The van der Waals surface area contributed by atoms with Crippen LogP contribution in [0.15, 0.2) is 48.7 Å². The standard InChI is InChI=1S/C21H26N4O/c1-15-13-16(9-10-19(15)22-11-6-12-25(2)3)23-14-18-17-7-4-5-8-20(17)24-21(18)26/h4-5,7-10,13-14,22-23H,6,11-12H2,1-3H3,(H,24,26)/b18-14-. The number of carbonyl (C=O) groups is 1. The number of fused-ring (bicyclic) bond motifs is 1. The van der Waals surface area contributed by atoms with E-state index in [4.69, 9.17) is 0 Å². The maximum atomic E-state index is 12.1. The number of amides is 1. The molecular formula is C21H26N4O. The molecule has 0 aromatic heterocycles. The summed E-state index contributed by atoms with van der Waals surface area (Å²) in [5, 5.41) is 9.61. The van der Waals surface area contributed by atoms with E-state index in [1.165, 1.54) is 5.56 Å². The zero-order valence-electron chi connectivity index (χ0n) is 15.6. The van der Waals surface area contributed by atoms with Gasteiger partial charge in [-0.1, -0.05) is 18.2 Å². The number of carbonyl (C=O) groups excluding carboxylic acids is 1. The van der Waals surface area contributed by atoms with Gasteiger partial charge in [0.15, 0.2) is 0 Å². The molecule has 3 rings (SSSR count). The summed E-state index contributed by atoms with van der Waals surface area (Å²) in [5.41, 5.74) is 5.73. The van der Waals surface area contributed by atoms with Crippen LogP contribution in [0.3, 0.4) is 0 Å². The molecule has 2 aromatic carbocycles. The fourth-order valence-electron chi connectivity index (χ4n) is 3.01. The van der Waals surface area contributed by atoms with E-state index in [1.807, 2.05) is 30.3 Å². The summed E-state index contributed by atoms with van der Waals surface area (Å²) in [4.78, 5) is 14.3. The van der Waals surface area contributed by atoms with Gasteiger partial charge in [-0.25, -0.2) is 0 Å². The van der Waals surface area contributed by atoms with Crippen LogP contribution in [0.1, 0.15) is 17.5 Å². The highest BCUT2D eigenvalue weighted by molar-refractivity contribution is 6.31. The Labute approximate surface area is 155 Å². The van der Waals surface area contributed by atoms with Crippen molar-refractivity contribution >= 4 is 28.5 Å². The van der Waals surface area contributed by atoms with Crippen LogP contribution >= 0.6 is 0 Å². The molecule has 1 aliphatic heterocycles. The SMILES string of the molecule is Cc1cc(N/C=C2\C(=O)Nc3ccccc32)ccc1NCCCN(C)C. The summed E-state index contributed by atoms with van der Waals surface area (Å²) in [6.45, 7) is 4.11. The molecule has 5 nitrogen and oxygen atoms in total. The maximum Gasteiger partial charge on any atom is 0.257 e. The monoisotopic (exact) mass is 350 g/mol. The first-order chi connectivity index (χ1) is 12.5. The number of benzene rings is 2. The second-order valence-electron chi connectivity index (χ2n) is 6.82. The van der Waals surface area contributed by atoms with Crippen LogP contribution in [0.25, 0.3) is 5.57 Å². The highest BCUT2D eigenvalue weighted by Crippen LogP contribution is 2.31. The van der Waals surface area contributed by atoms with Gasteiger partial charge < -0.3 is 20.9 Å². The van der Waals surface area contributed by atoms with Crippen molar-refractivity contribution < 1.29 is 4.79 Å². The smallest absolute Gasteiger partial charge is 0.257 e. The van der Waals surface area contributed by atoms with Gasteiger partial charge in [0.1, 0.15) is 0 Å². The minimum Gasteiger partial charge on any atom is -0.385 e. The third-order valence-corrected chi connectivity index (χ3v) is 4.42. The van der Waals surface area contributed by atoms with E-state index >= 15 is 0 Å². The lowest BCUT2D eigenvalue weighted by Crippen LogP contribution is -2.16. The van der Waals surface area contributed by atoms with Crippen LogP contribution in [-0.4, -0.2) is 38.0 Å². The molecular weight excluding hydrogens is 324 g/mol. The van der Waals surface area contributed by atoms with Crippen molar-refractivity contribution in [3.8, 4) is 0 Å². The number of nitrogens with zero attached hydrogens (tertiary/aromatic N) is 1. The second kappa shape index (κ2) is 8.06. The number of nitrogens with one attached hydrogen (secondary N) is 3. The topological polar surface area (TPSA) is 56.4 Å². The van der Waals surface area contributed by atoms with Crippen LogP contribution in [-0.2, 0) is 4.79 Å². The molecule has 0 saturated carbocycles. The van der Waals surface area contributed by atoms with Gasteiger partial charge in [0, 0.05) is 35.4 Å². The number of hydrogen-bond donors (Lipinski definition) is 3. The second-order valence-corrected chi connectivity index (χ2v) is 6.82. The third kappa shape index (κ3) is 4.24. The minimum absolute atomic E-state index is 0.0744. The quantitative estimate of drug-likeness (QED) is 0.526. The maximum absolute atomic E-state index is 12.1. The van der Waals surface area contributed by atoms with Gasteiger partial charge in [-0.2, -0.15) is 0 Å². The molecule has 1 heterocycles. The number of rotatable bonds is 7. The van der Waals surface area contributed by atoms with Gasteiger partial charge in [0.25, 0.3) is 5.91 Å². The van der Waals surface area contributed by atoms with E-state index in [1.54, 1.807) is 6.20 Å². The van der Waals surface area contributed by atoms with Crippen molar-refractivity contribution in [2.45, 2.75) is 13.3 Å². The van der Waals surface area contributed by atoms with Crippen LogP contribution < -0.4 is 16.0 Å². The minimum atomic E-state index is -0.0744. The molecule has 136 valence electrons. The predicted molar refractivity (Wildman–Crippen MR) is 110 cm³/mol. The zero-order chi connectivity index (χ0) is 18.5. The predicted octanol–water partition coefficient (Wildman–Crippen LogP) is 3.76. The van der Waals surface area contributed by atoms with Gasteiger partial charge in [-0.15, -0.1) is 0 Å². The Kier molecular flexibility index (Phi) is 5.58. The van der Waals surface area contributed by atoms with E-state index in [0.717, 1.165) is 42.1 Å². The van der Waals surface area contributed by atoms with Gasteiger partial charge in [0.05, 0.1) is 5.57 Å². The number of aryl methyl sites for hydroxylation is 1. The Morgan fingerprint density at radius 2 is 1.96 bits per heavy atom. The lowest BCUT2D eigenvalue weighted by Gasteiger charge is -2.13. The molecule has 0 aliphatic carbocycles. The zero-order valence-corrected chi connectivity index (χ0v) is 15.6. The lowest BCUT2D eigenvalue weighted by atomic mass is 10.1. The van der Waals surface area contributed by atoms with E-state index < -0.39 is 0 Å². The van der Waals surface area contributed by atoms with Gasteiger partial charge in [0.2, 0.25) is 0 Å². The van der Waals surface area contributed by atoms with E-state index in [2.05, 4.69) is 54.0 Å². The van der Waals surface area contributed by atoms with E-state index in [9.17, 15) is 4.79 Å².